The van der Waals surface area contributed by atoms with Gasteiger partial charge in [0.25, 0.3) is 0 Å². The van der Waals surface area contributed by atoms with Gasteiger partial charge in [0.1, 0.15) is 5.75 Å². The Labute approximate surface area is 114 Å². The summed E-state index contributed by atoms with van der Waals surface area (Å²) in [6.45, 7) is 3.40. The third kappa shape index (κ3) is 2.48. The van der Waals surface area contributed by atoms with E-state index in [0.717, 1.165) is 11.3 Å². The molecule has 4 nitrogen and oxygen atoms in total. The first-order valence-electron chi connectivity index (χ1n) is 6.53. The Balaban J connectivity index is 2.37. The van der Waals surface area contributed by atoms with Gasteiger partial charge < -0.3 is 19.5 Å². The van der Waals surface area contributed by atoms with E-state index in [1.165, 1.54) is 5.56 Å². The molecule has 0 saturated carbocycles. The Kier molecular flexibility index (Phi) is 4.13. The molecular weight excluding hydrogens is 242 g/mol. The van der Waals surface area contributed by atoms with Crippen LogP contribution in [0.4, 0.5) is 0 Å². The first-order chi connectivity index (χ1) is 9.04. The Morgan fingerprint density at radius 1 is 1.42 bits per heavy atom. The predicted octanol–water partition coefficient (Wildman–Crippen LogP) is 1.62. The van der Waals surface area contributed by atoms with E-state index in [4.69, 9.17) is 9.47 Å². The second kappa shape index (κ2) is 5.49. The van der Waals surface area contributed by atoms with E-state index >= 15 is 0 Å². The summed E-state index contributed by atoms with van der Waals surface area (Å²) in [6, 6.07) is 6.35. The van der Waals surface area contributed by atoms with Crippen molar-refractivity contribution in [2.45, 2.75) is 13.0 Å². The molecule has 19 heavy (non-hydrogen) atoms. The molecule has 1 N–H and O–H groups in total. The molecule has 0 aliphatic carbocycles. The third-order valence-electron chi connectivity index (χ3n) is 3.93. The van der Waals surface area contributed by atoms with Crippen LogP contribution < -0.4 is 4.74 Å². The fourth-order valence-electron chi connectivity index (χ4n) is 2.97. The van der Waals surface area contributed by atoms with E-state index in [1.54, 1.807) is 7.11 Å². The molecule has 0 aromatic heterocycles. The summed E-state index contributed by atoms with van der Waals surface area (Å²) in [4.78, 5) is 2.15. The molecule has 0 radical (unpaired) electrons. The highest BCUT2D eigenvalue weighted by molar-refractivity contribution is 5.38. The molecule has 1 heterocycles. The molecular formula is C15H23NO3. The zero-order valence-corrected chi connectivity index (χ0v) is 12.1. The molecule has 1 aromatic rings. The van der Waals surface area contributed by atoms with Crippen molar-refractivity contribution in [1.82, 2.24) is 4.90 Å². The average molecular weight is 265 g/mol. The number of aliphatic hydroxyl groups excluding tert-OH is 1. The quantitative estimate of drug-likeness (QED) is 0.878. The SMILES string of the molecule is COc1ccc(C(N(C)C)C2(CO)COC2)cc1C. The summed E-state index contributed by atoms with van der Waals surface area (Å²) in [5.74, 6) is 0.893. The van der Waals surface area contributed by atoms with Crippen molar-refractivity contribution in [1.29, 1.82) is 0 Å². The Morgan fingerprint density at radius 2 is 2.11 bits per heavy atom. The van der Waals surface area contributed by atoms with Gasteiger partial charge in [-0.15, -0.1) is 0 Å². The minimum Gasteiger partial charge on any atom is -0.496 e. The maximum atomic E-state index is 9.76. The van der Waals surface area contributed by atoms with Crippen LogP contribution in [0.1, 0.15) is 17.2 Å². The van der Waals surface area contributed by atoms with Crippen molar-refractivity contribution in [2.75, 3.05) is 41.0 Å². The van der Waals surface area contributed by atoms with E-state index in [9.17, 15) is 5.11 Å². The van der Waals surface area contributed by atoms with Crippen LogP contribution >= 0.6 is 0 Å². The summed E-state index contributed by atoms with van der Waals surface area (Å²) < 4.78 is 10.7. The number of nitrogens with zero attached hydrogens (tertiary/aromatic N) is 1. The van der Waals surface area contributed by atoms with Crippen LogP contribution in [-0.4, -0.2) is 51.0 Å². The summed E-state index contributed by atoms with van der Waals surface area (Å²) in [7, 11) is 5.76. The molecule has 0 spiro atoms. The second-order valence-electron chi connectivity index (χ2n) is 5.61. The monoisotopic (exact) mass is 265 g/mol. The minimum atomic E-state index is -0.190. The van der Waals surface area contributed by atoms with Gasteiger partial charge in [0, 0.05) is 6.04 Å². The normalized spacial score (nSPS) is 19.1. The zero-order chi connectivity index (χ0) is 14.0. The Bertz CT molecular complexity index is 436. The van der Waals surface area contributed by atoms with Crippen LogP contribution in [0.15, 0.2) is 18.2 Å². The number of aryl methyl sites for hydroxylation is 1. The highest BCUT2D eigenvalue weighted by Crippen LogP contribution is 2.43. The maximum Gasteiger partial charge on any atom is 0.121 e. The molecule has 2 rings (SSSR count). The van der Waals surface area contributed by atoms with Crippen LogP contribution in [0.3, 0.4) is 0 Å². The lowest BCUT2D eigenvalue weighted by atomic mass is 9.75. The zero-order valence-electron chi connectivity index (χ0n) is 12.1. The maximum absolute atomic E-state index is 9.76. The fourth-order valence-corrected chi connectivity index (χ4v) is 2.97. The fraction of sp³-hybridized carbons (Fsp3) is 0.600. The highest BCUT2D eigenvalue weighted by Gasteiger charge is 2.47. The van der Waals surface area contributed by atoms with Gasteiger partial charge in [-0.1, -0.05) is 12.1 Å². The number of benzene rings is 1. The summed E-state index contributed by atoms with van der Waals surface area (Å²) in [6.07, 6.45) is 0. The van der Waals surface area contributed by atoms with Gasteiger partial charge in [0.2, 0.25) is 0 Å². The molecule has 1 aliphatic rings. The molecule has 1 aromatic carbocycles. The minimum absolute atomic E-state index is 0.140. The highest BCUT2D eigenvalue weighted by atomic mass is 16.5. The van der Waals surface area contributed by atoms with Crippen molar-refractivity contribution in [3.8, 4) is 5.75 Å². The molecule has 1 fully saturated rings. The third-order valence-corrected chi connectivity index (χ3v) is 3.93. The lowest BCUT2D eigenvalue weighted by Gasteiger charge is -2.48. The average Bonchev–Trinajstić information content (AvgIpc) is 2.33. The van der Waals surface area contributed by atoms with Gasteiger partial charge >= 0.3 is 0 Å². The summed E-state index contributed by atoms with van der Waals surface area (Å²) >= 11 is 0. The van der Waals surface area contributed by atoms with Gasteiger partial charge in [-0.25, -0.2) is 0 Å². The van der Waals surface area contributed by atoms with Crippen molar-refractivity contribution >= 4 is 0 Å². The predicted molar refractivity (Wildman–Crippen MR) is 74.5 cm³/mol. The lowest BCUT2D eigenvalue weighted by molar-refractivity contribution is -0.172. The molecule has 0 amide bonds. The lowest BCUT2D eigenvalue weighted by Crippen LogP contribution is -2.53. The molecule has 1 aliphatic heterocycles. The number of hydrogen-bond donors (Lipinski definition) is 1. The molecule has 1 unspecified atom stereocenters. The van der Waals surface area contributed by atoms with Gasteiger partial charge in [0.05, 0.1) is 32.3 Å². The van der Waals surface area contributed by atoms with Gasteiger partial charge in [-0.2, -0.15) is 0 Å². The first kappa shape index (κ1) is 14.3. The summed E-state index contributed by atoms with van der Waals surface area (Å²) in [5, 5.41) is 9.76. The van der Waals surface area contributed by atoms with E-state index in [2.05, 4.69) is 17.0 Å². The number of methoxy groups -OCH3 is 1. The van der Waals surface area contributed by atoms with Crippen LogP contribution in [-0.2, 0) is 4.74 Å². The van der Waals surface area contributed by atoms with Crippen molar-refractivity contribution < 1.29 is 14.6 Å². The number of aliphatic hydroxyl groups is 1. The number of rotatable bonds is 5. The van der Waals surface area contributed by atoms with Gasteiger partial charge in [0.15, 0.2) is 0 Å². The second-order valence-corrected chi connectivity index (χ2v) is 5.61. The first-order valence-corrected chi connectivity index (χ1v) is 6.53. The Morgan fingerprint density at radius 3 is 2.47 bits per heavy atom. The van der Waals surface area contributed by atoms with Crippen LogP contribution in [0.5, 0.6) is 5.75 Å². The number of ether oxygens (including phenoxy) is 2. The molecule has 1 atom stereocenters. The van der Waals surface area contributed by atoms with Gasteiger partial charge in [-0.05, 0) is 38.2 Å². The van der Waals surface area contributed by atoms with Gasteiger partial charge in [-0.3, -0.25) is 0 Å². The molecule has 106 valence electrons. The smallest absolute Gasteiger partial charge is 0.121 e. The van der Waals surface area contributed by atoms with Crippen LogP contribution in [0.2, 0.25) is 0 Å². The topological polar surface area (TPSA) is 41.9 Å². The van der Waals surface area contributed by atoms with E-state index in [1.807, 2.05) is 27.1 Å². The van der Waals surface area contributed by atoms with E-state index in [-0.39, 0.29) is 18.1 Å². The van der Waals surface area contributed by atoms with Crippen molar-refractivity contribution in [3.05, 3.63) is 29.3 Å². The van der Waals surface area contributed by atoms with Crippen molar-refractivity contribution in [3.63, 3.8) is 0 Å². The largest absolute Gasteiger partial charge is 0.496 e. The molecule has 1 saturated heterocycles. The standard InChI is InChI=1S/C15H23NO3/c1-11-7-12(5-6-13(11)18-4)14(16(2)3)15(8-17)9-19-10-15/h5-7,14,17H,8-10H2,1-4H3. The Hall–Kier alpha value is -1.10. The number of hydrogen-bond acceptors (Lipinski definition) is 4. The molecule has 4 heteroatoms. The van der Waals surface area contributed by atoms with E-state index < -0.39 is 0 Å². The van der Waals surface area contributed by atoms with Crippen molar-refractivity contribution in [2.24, 2.45) is 5.41 Å². The summed E-state index contributed by atoms with van der Waals surface area (Å²) in [5.41, 5.74) is 2.12. The molecule has 0 bridgehead atoms. The van der Waals surface area contributed by atoms with Crippen LogP contribution in [0.25, 0.3) is 0 Å². The van der Waals surface area contributed by atoms with Crippen LogP contribution in [0, 0.1) is 12.3 Å². The van der Waals surface area contributed by atoms with E-state index in [0.29, 0.717) is 13.2 Å².